The van der Waals surface area contributed by atoms with Crippen LogP contribution in [-0.4, -0.2) is 38.0 Å². The molecule has 1 amide bonds. The van der Waals surface area contributed by atoms with Crippen molar-refractivity contribution in [1.29, 1.82) is 0 Å². The summed E-state index contributed by atoms with van der Waals surface area (Å²) in [5, 5.41) is 15.7. The Morgan fingerprint density at radius 3 is 1.88 bits per heavy atom. The summed E-state index contributed by atoms with van der Waals surface area (Å²) in [6.07, 6.45) is -0.447. The van der Waals surface area contributed by atoms with Gasteiger partial charge in [0.25, 0.3) is 0 Å². The first-order valence-corrected chi connectivity index (χ1v) is 11.2. The van der Waals surface area contributed by atoms with Gasteiger partial charge in [-0.1, -0.05) is 91.8 Å². The molecule has 4 nitrogen and oxygen atoms in total. The number of aliphatic hydroxyl groups excluding tert-OH is 1. The van der Waals surface area contributed by atoms with E-state index in [9.17, 15) is 9.90 Å². The van der Waals surface area contributed by atoms with E-state index in [1.54, 1.807) is 0 Å². The molecule has 0 spiro atoms. The molecule has 0 aliphatic carbocycles. The second-order valence-corrected chi connectivity index (χ2v) is 13.0. The highest BCUT2D eigenvalue weighted by Gasteiger charge is 2.54. The molecule has 1 heterocycles. The summed E-state index contributed by atoms with van der Waals surface area (Å²) in [4.78, 5) is 11.8. The van der Waals surface area contributed by atoms with Crippen LogP contribution in [0.1, 0.15) is 20.8 Å². The van der Waals surface area contributed by atoms with E-state index in [2.05, 4.69) is 74.6 Å². The van der Waals surface area contributed by atoms with Crippen LogP contribution in [0.4, 0.5) is 4.79 Å². The monoisotopic (exact) mass is 369 g/mol. The Morgan fingerprint density at radius 2 is 1.54 bits per heavy atom. The summed E-state index contributed by atoms with van der Waals surface area (Å²) in [5.41, 5.74) is -0.748. The molecule has 138 valence electrons. The lowest BCUT2D eigenvalue weighted by atomic mass is 10.1. The van der Waals surface area contributed by atoms with Crippen LogP contribution in [0, 0.1) is 0 Å². The molecule has 3 rings (SSSR count). The van der Waals surface area contributed by atoms with Crippen molar-refractivity contribution in [2.45, 2.75) is 37.4 Å². The van der Waals surface area contributed by atoms with E-state index in [1.807, 2.05) is 12.1 Å². The normalized spacial score (nSPS) is 20.5. The van der Waals surface area contributed by atoms with Gasteiger partial charge in [-0.25, -0.2) is 4.79 Å². The minimum atomic E-state index is -2.39. The molecular weight excluding hydrogens is 342 g/mol. The fourth-order valence-corrected chi connectivity index (χ4v) is 10.0. The van der Waals surface area contributed by atoms with Gasteiger partial charge in [-0.15, -0.1) is 0 Å². The van der Waals surface area contributed by atoms with Crippen LogP contribution in [0.2, 0.25) is 11.1 Å². The molecule has 2 N–H and O–H groups in total. The number of amides is 1. The van der Waals surface area contributed by atoms with Crippen LogP contribution >= 0.6 is 0 Å². The number of nitrogens with one attached hydrogen (secondary N) is 1. The summed E-state index contributed by atoms with van der Waals surface area (Å²) in [6.45, 7) is 6.86. The Kier molecular flexibility index (Phi) is 4.95. The van der Waals surface area contributed by atoms with E-state index in [0.717, 1.165) is 0 Å². The van der Waals surface area contributed by atoms with E-state index in [1.165, 1.54) is 10.4 Å². The SMILES string of the molecule is CC(C)(C)[Si](C[C@]1(CO)COC(=O)N1)(c1ccccc1)c1ccccc1. The third-order valence-corrected chi connectivity index (χ3v) is 12.0. The van der Waals surface area contributed by atoms with Crippen molar-refractivity contribution in [3.63, 3.8) is 0 Å². The highest BCUT2D eigenvalue weighted by molar-refractivity contribution is 7.04. The van der Waals surface area contributed by atoms with Crippen LogP contribution in [0.5, 0.6) is 0 Å². The van der Waals surface area contributed by atoms with Crippen LogP contribution in [0.25, 0.3) is 0 Å². The Morgan fingerprint density at radius 1 is 1.04 bits per heavy atom. The van der Waals surface area contributed by atoms with E-state index in [0.29, 0.717) is 6.04 Å². The quantitative estimate of drug-likeness (QED) is 0.796. The van der Waals surface area contributed by atoms with Crippen molar-refractivity contribution in [3.05, 3.63) is 60.7 Å². The molecule has 5 heteroatoms. The average Bonchev–Trinajstić information content (AvgIpc) is 3.01. The molecule has 0 radical (unpaired) electrons. The standard InChI is InChI=1S/C21H27NO3Si/c1-20(2,3)26(17-10-6-4-7-11-17,18-12-8-5-9-13-18)16-21(14-23)15-25-19(24)22-21/h4-13,23H,14-16H2,1-3H3,(H,22,24)/t21-/m0/s1. The van der Waals surface area contributed by atoms with Crippen LogP contribution < -0.4 is 15.7 Å². The van der Waals surface area contributed by atoms with Crippen LogP contribution in [-0.2, 0) is 4.74 Å². The molecule has 0 saturated carbocycles. The molecule has 1 saturated heterocycles. The number of alkyl carbamates (subject to hydrolysis) is 1. The predicted octanol–water partition coefficient (Wildman–Crippen LogP) is 2.52. The fraction of sp³-hybridized carbons (Fsp3) is 0.381. The minimum absolute atomic E-state index is 0.0365. The first-order valence-electron chi connectivity index (χ1n) is 9.00. The summed E-state index contributed by atoms with van der Waals surface area (Å²) >= 11 is 0. The highest BCUT2D eigenvalue weighted by Crippen LogP contribution is 2.42. The Balaban J connectivity index is 2.23. The van der Waals surface area contributed by atoms with Gasteiger partial charge in [0.2, 0.25) is 0 Å². The summed E-state index contributed by atoms with van der Waals surface area (Å²) in [6, 6.07) is 21.8. The molecule has 0 unspecified atom stereocenters. The van der Waals surface area contributed by atoms with Gasteiger partial charge in [-0.3, -0.25) is 0 Å². The van der Waals surface area contributed by atoms with Gasteiger partial charge in [0.15, 0.2) is 0 Å². The molecule has 2 aromatic rings. The topological polar surface area (TPSA) is 58.6 Å². The van der Waals surface area contributed by atoms with Crippen LogP contribution in [0.15, 0.2) is 60.7 Å². The van der Waals surface area contributed by atoms with E-state index in [-0.39, 0.29) is 18.3 Å². The van der Waals surface area contributed by atoms with Crippen LogP contribution in [0.3, 0.4) is 0 Å². The first-order chi connectivity index (χ1) is 12.3. The fourth-order valence-electron chi connectivity index (χ4n) is 4.18. The van der Waals surface area contributed by atoms with E-state index in [4.69, 9.17) is 4.74 Å². The van der Waals surface area contributed by atoms with Crippen molar-refractivity contribution >= 4 is 24.5 Å². The number of cyclic esters (lactones) is 1. The maximum Gasteiger partial charge on any atom is 0.407 e. The van der Waals surface area contributed by atoms with Gasteiger partial charge < -0.3 is 15.2 Å². The number of ether oxygens (including phenoxy) is 1. The summed E-state index contributed by atoms with van der Waals surface area (Å²) < 4.78 is 5.20. The number of aliphatic hydroxyl groups is 1. The average molecular weight is 370 g/mol. The predicted molar refractivity (Wildman–Crippen MR) is 107 cm³/mol. The van der Waals surface area contributed by atoms with Gasteiger partial charge in [-0.2, -0.15) is 0 Å². The van der Waals surface area contributed by atoms with Crippen molar-refractivity contribution in [1.82, 2.24) is 5.32 Å². The zero-order chi connectivity index (χ0) is 18.8. The third-order valence-electron chi connectivity index (χ3n) is 5.57. The molecule has 0 aromatic heterocycles. The Labute approximate surface area is 156 Å². The van der Waals surface area contributed by atoms with Gasteiger partial charge in [0.05, 0.1) is 12.1 Å². The molecule has 1 aliphatic heterocycles. The van der Waals surface area contributed by atoms with Crippen molar-refractivity contribution in [3.8, 4) is 0 Å². The van der Waals surface area contributed by atoms with Gasteiger partial charge >= 0.3 is 6.09 Å². The highest BCUT2D eigenvalue weighted by atomic mass is 28.3. The molecule has 1 atom stereocenters. The molecule has 2 aromatic carbocycles. The van der Waals surface area contributed by atoms with E-state index < -0.39 is 19.7 Å². The molecule has 1 aliphatic rings. The van der Waals surface area contributed by atoms with Crippen molar-refractivity contribution in [2.75, 3.05) is 13.2 Å². The number of carbonyl (C=O) groups is 1. The minimum Gasteiger partial charge on any atom is -0.447 e. The summed E-state index contributed by atoms with van der Waals surface area (Å²) in [7, 11) is -2.39. The lowest BCUT2D eigenvalue weighted by Gasteiger charge is -2.47. The van der Waals surface area contributed by atoms with Crippen molar-refractivity contribution < 1.29 is 14.6 Å². The lowest BCUT2D eigenvalue weighted by molar-refractivity contribution is 0.153. The first kappa shape index (κ1) is 18.7. The maximum absolute atomic E-state index is 11.8. The van der Waals surface area contributed by atoms with E-state index >= 15 is 0 Å². The second-order valence-electron chi connectivity index (χ2n) is 8.20. The number of hydrogen-bond donors (Lipinski definition) is 2. The Bertz CT molecular complexity index is 718. The largest absolute Gasteiger partial charge is 0.447 e. The third kappa shape index (κ3) is 3.17. The van der Waals surface area contributed by atoms with Crippen molar-refractivity contribution in [2.24, 2.45) is 0 Å². The summed E-state index contributed by atoms with van der Waals surface area (Å²) in [5.74, 6) is 0. The zero-order valence-electron chi connectivity index (χ0n) is 15.7. The Hall–Kier alpha value is -2.11. The number of hydrogen-bond acceptors (Lipinski definition) is 3. The molecule has 0 bridgehead atoms. The molecular formula is C21H27NO3Si. The number of rotatable bonds is 5. The van der Waals surface area contributed by atoms with Gasteiger partial charge in [0.1, 0.15) is 14.7 Å². The van der Waals surface area contributed by atoms with Gasteiger partial charge in [0, 0.05) is 0 Å². The number of carbonyl (C=O) groups excluding carboxylic acids is 1. The second kappa shape index (κ2) is 6.89. The molecule has 26 heavy (non-hydrogen) atoms. The number of benzene rings is 2. The maximum atomic E-state index is 11.8. The molecule has 1 fully saturated rings. The smallest absolute Gasteiger partial charge is 0.407 e. The zero-order valence-corrected chi connectivity index (χ0v) is 16.7. The lowest BCUT2D eigenvalue weighted by Crippen LogP contribution is -2.69. The van der Waals surface area contributed by atoms with Gasteiger partial charge in [-0.05, 0) is 11.1 Å².